The largest absolute Gasteiger partial charge is 0.497 e. The molecule has 1 amide bonds. The van der Waals surface area contributed by atoms with E-state index in [2.05, 4.69) is 22.1 Å². The minimum atomic E-state index is -0.193. The van der Waals surface area contributed by atoms with Crippen LogP contribution < -0.4 is 9.64 Å². The van der Waals surface area contributed by atoms with E-state index in [4.69, 9.17) is 4.74 Å². The van der Waals surface area contributed by atoms with E-state index in [1.165, 1.54) is 0 Å². The van der Waals surface area contributed by atoms with Gasteiger partial charge in [0.05, 0.1) is 18.8 Å². The normalized spacial score (nSPS) is 17.7. The van der Waals surface area contributed by atoms with E-state index >= 15 is 0 Å². The van der Waals surface area contributed by atoms with Gasteiger partial charge in [0.25, 0.3) is 0 Å². The Hall–Kier alpha value is -3.12. The molecule has 0 aliphatic carbocycles. The van der Waals surface area contributed by atoms with Crippen molar-refractivity contribution in [3.05, 3.63) is 72.6 Å². The van der Waals surface area contributed by atoms with Gasteiger partial charge in [0.1, 0.15) is 5.75 Å². The molecule has 0 radical (unpaired) electrons. The molecule has 2 aromatic carbocycles. The lowest BCUT2D eigenvalue weighted by Crippen LogP contribution is -2.55. The summed E-state index contributed by atoms with van der Waals surface area (Å²) >= 11 is 0. The Labute approximate surface area is 164 Å². The maximum Gasteiger partial charge on any atom is 0.244 e. The smallest absolute Gasteiger partial charge is 0.244 e. The summed E-state index contributed by atoms with van der Waals surface area (Å²) in [6.07, 6.45) is 3.71. The average molecular weight is 376 g/mol. The lowest BCUT2D eigenvalue weighted by Gasteiger charge is -2.39. The molecule has 28 heavy (non-hydrogen) atoms. The molecule has 1 saturated heterocycles. The van der Waals surface area contributed by atoms with Crippen molar-refractivity contribution in [2.45, 2.75) is 19.5 Å². The number of piperazine rings is 1. The first-order valence-electron chi connectivity index (χ1n) is 9.45. The number of hydrogen-bond donors (Lipinski definition) is 0. The van der Waals surface area contributed by atoms with E-state index in [1.807, 2.05) is 65.2 Å². The van der Waals surface area contributed by atoms with Crippen LogP contribution in [0.1, 0.15) is 12.5 Å². The lowest BCUT2D eigenvalue weighted by molar-refractivity contribution is -0.125. The van der Waals surface area contributed by atoms with Gasteiger partial charge in [0, 0.05) is 37.7 Å². The molecule has 6 heteroatoms. The summed E-state index contributed by atoms with van der Waals surface area (Å²) in [7, 11) is 1.64. The second-order valence-electron chi connectivity index (χ2n) is 6.91. The third-order valence-electron chi connectivity index (χ3n) is 5.28. The molecule has 0 spiro atoms. The second-order valence-corrected chi connectivity index (χ2v) is 6.91. The van der Waals surface area contributed by atoms with Crippen molar-refractivity contribution in [1.82, 2.24) is 14.7 Å². The Morgan fingerprint density at radius 2 is 1.86 bits per heavy atom. The number of aromatic nitrogens is 2. The van der Waals surface area contributed by atoms with Crippen LogP contribution in [0.4, 0.5) is 5.69 Å². The summed E-state index contributed by atoms with van der Waals surface area (Å²) in [6.45, 7) is 4.17. The van der Waals surface area contributed by atoms with E-state index < -0.39 is 0 Å². The highest BCUT2D eigenvalue weighted by molar-refractivity contribution is 5.97. The molecule has 1 aromatic heterocycles. The molecule has 0 unspecified atom stereocenters. The maximum absolute atomic E-state index is 13.0. The standard InChI is InChI=1S/C22H24N4O2/c1-17-22(27)25(19-8-10-20(28-2)11-9-19)15-14-24(17)16-18-6-3-4-7-21(18)26-13-5-12-23-26/h3-13,17H,14-16H2,1-2H3/t17-/m0/s1. The van der Waals surface area contributed by atoms with Crippen molar-refractivity contribution in [3.63, 3.8) is 0 Å². The molecule has 0 N–H and O–H groups in total. The molecule has 1 aliphatic rings. The molecule has 4 rings (SSSR count). The topological polar surface area (TPSA) is 50.6 Å². The summed E-state index contributed by atoms with van der Waals surface area (Å²) in [5.41, 5.74) is 3.11. The Morgan fingerprint density at radius 1 is 1.07 bits per heavy atom. The molecule has 1 atom stereocenters. The third-order valence-corrected chi connectivity index (χ3v) is 5.28. The highest BCUT2D eigenvalue weighted by atomic mass is 16.5. The number of nitrogens with zero attached hydrogens (tertiary/aromatic N) is 4. The average Bonchev–Trinajstić information content (AvgIpc) is 3.27. The van der Waals surface area contributed by atoms with Crippen LogP contribution in [0.5, 0.6) is 5.75 Å². The van der Waals surface area contributed by atoms with Crippen LogP contribution in [0.15, 0.2) is 67.0 Å². The van der Waals surface area contributed by atoms with Gasteiger partial charge in [-0.3, -0.25) is 9.69 Å². The number of methoxy groups -OCH3 is 1. The van der Waals surface area contributed by atoms with Gasteiger partial charge in [-0.05, 0) is 48.9 Å². The first kappa shape index (κ1) is 18.3. The zero-order valence-corrected chi connectivity index (χ0v) is 16.2. The fraction of sp³-hybridized carbons (Fsp3) is 0.273. The molecule has 3 aromatic rings. The fourth-order valence-corrected chi connectivity index (χ4v) is 3.65. The van der Waals surface area contributed by atoms with Gasteiger partial charge in [-0.25, -0.2) is 4.68 Å². The Morgan fingerprint density at radius 3 is 2.57 bits per heavy atom. The number of carbonyl (C=O) groups excluding carboxylic acids is 1. The van der Waals surface area contributed by atoms with Crippen LogP contribution in [0.2, 0.25) is 0 Å². The summed E-state index contributed by atoms with van der Waals surface area (Å²) in [5.74, 6) is 0.908. The van der Waals surface area contributed by atoms with Crippen LogP contribution in [0, 0.1) is 0 Å². The van der Waals surface area contributed by atoms with E-state index in [0.29, 0.717) is 13.1 Å². The molecule has 0 bridgehead atoms. The highest BCUT2D eigenvalue weighted by Gasteiger charge is 2.32. The minimum absolute atomic E-state index is 0.119. The van der Waals surface area contributed by atoms with Crippen molar-refractivity contribution in [2.24, 2.45) is 0 Å². The van der Waals surface area contributed by atoms with Crippen LogP contribution in [-0.2, 0) is 11.3 Å². The van der Waals surface area contributed by atoms with Crippen molar-refractivity contribution in [3.8, 4) is 11.4 Å². The Bertz CT molecular complexity index is 937. The number of rotatable bonds is 5. The maximum atomic E-state index is 13.0. The molecule has 0 saturated carbocycles. The second kappa shape index (κ2) is 7.86. The van der Waals surface area contributed by atoms with Crippen LogP contribution >= 0.6 is 0 Å². The Kier molecular flexibility index (Phi) is 5.12. The number of carbonyl (C=O) groups is 1. The van der Waals surface area contributed by atoms with Gasteiger partial charge in [0.15, 0.2) is 0 Å². The van der Waals surface area contributed by atoms with Crippen LogP contribution in [0.25, 0.3) is 5.69 Å². The van der Waals surface area contributed by atoms with Gasteiger partial charge in [0.2, 0.25) is 5.91 Å². The molecule has 1 fully saturated rings. The molecular weight excluding hydrogens is 352 g/mol. The predicted molar refractivity (Wildman–Crippen MR) is 109 cm³/mol. The van der Waals surface area contributed by atoms with Crippen molar-refractivity contribution < 1.29 is 9.53 Å². The van der Waals surface area contributed by atoms with E-state index in [1.54, 1.807) is 13.3 Å². The highest BCUT2D eigenvalue weighted by Crippen LogP contribution is 2.25. The predicted octanol–water partition coefficient (Wildman–Crippen LogP) is 3.12. The Balaban J connectivity index is 1.51. The molecule has 2 heterocycles. The molecule has 1 aliphatic heterocycles. The van der Waals surface area contributed by atoms with Crippen molar-refractivity contribution in [1.29, 1.82) is 0 Å². The lowest BCUT2D eigenvalue weighted by atomic mass is 10.1. The number of para-hydroxylation sites is 1. The van der Waals surface area contributed by atoms with E-state index in [-0.39, 0.29) is 11.9 Å². The fourth-order valence-electron chi connectivity index (χ4n) is 3.65. The number of hydrogen-bond acceptors (Lipinski definition) is 4. The number of benzene rings is 2. The van der Waals surface area contributed by atoms with Gasteiger partial charge < -0.3 is 9.64 Å². The first-order chi connectivity index (χ1) is 13.7. The van der Waals surface area contributed by atoms with Crippen LogP contribution in [0.3, 0.4) is 0 Å². The molecule has 144 valence electrons. The number of amides is 1. The summed E-state index contributed by atoms with van der Waals surface area (Å²) in [5, 5.41) is 4.35. The van der Waals surface area contributed by atoms with Gasteiger partial charge in [-0.1, -0.05) is 18.2 Å². The zero-order chi connectivity index (χ0) is 19.5. The van der Waals surface area contributed by atoms with Gasteiger partial charge >= 0.3 is 0 Å². The SMILES string of the molecule is COc1ccc(N2CCN(Cc3ccccc3-n3cccn3)[C@@H](C)C2=O)cc1. The van der Waals surface area contributed by atoms with Gasteiger partial charge in [-0.15, -0.1) is 0 Å². The first-order valence-corrected chi connectivity index (χ1v) is 9.45. The van der Waals surface area contributed by atoms with Gasteiger partial charge in [-0.2, -0.15) is 5.10 Å². The summed E-state index contributed by atoms with van der Waals surface area (Å²) < 4.78 is 7.08. The molecular formula is C22H24N4O2. The molecule has 6 nitrogen and oxygen atoms in total. The summed E-state index contributed by atoms with van der Waals surface area (Å²) in [6, 6.07) is 17.6. The third kappa shape index (κ3) is 3.51. The van der Waals surface area contributed by atoms with E-state index in [9.17, 15) is 4.79 Å². The van der Waals surface area contributed by atoms with Crippen molar-refractivity contribution >= 4 is 11.6 Å². The van der Waals surface area contributed by atoms with Crippen molar-refractivity contribution in [2.75, 3.05) is 25.1 Å². The minimum Gasteiger partial charge on any atom is -0.497 e. The number of anilines is 1. The van der Waals surface area contributed by atoms with E-state index in [0.717, 1.165) is 29.2 Å². The van der Waals surface area contributed by atoms with Crippen LogP contribution in [-0.4, -0.2) is 46.8 Å². The quantitative estimate of drug-likeness (QED) is 0.687. The zero-order valence-electron chi connectivity index (χ0n) is 16.2. The number of ether oxygens (including phenoxy) is 1. The summed E-state index contributed by atoms with van der Waals surface area (Å²) in [4.78, 5) is 17.1. The monoisotopic (exact) mass is 376 g/mol.